The molecule has 5 heteroatoms. The van der Waals surface area contributed by atoms with Gasteiger partial charge in [-0.2, -0.15) is 0 Å². The minimum atomic E-state index is -0.906. The number of esters is 1. The first-order valence-electron chi connectivity index (χ1n) is 14.6. The first kappa shape index (κ1) is 24.7. The molecule has 6 aliphatic rings. The maximum Gasteiger partial charge on any atom is 0.302 e. The molecule has 0 aromatic rings. The molecule has 2 saturated heterocycles. The molecule has 0 amide bonds. The largest absolute Gasteiger partial charge is 0.462 e. The number of hydrogen-bond acceptors (Lipinski definition) is 5. The first-order chi connectivity index (χ1) is 16.3. The monoisotopic (exact) mass is 488 g/mol. The molecule has 6 fully saturated rings. The fourth-order valence-corrected chi connectivity index (χ4v) is 10.4. The molecule has 0 aromatic heterocycles. The molecule has 12 atom stereocenters. The zero-order chi connectivity index (χ0) is 25.2. The molecule has 198 valence electrons. The summed E-state index contributed by atoms with van der Waals surface area (Å²) in [6.07, 6.45) is 9.09. The highest BCUT2D eigenvalue weighted by Crippen LogP contribution is 2.84. The first-order valence-corrected chi connectivity index (χ1v) is 14.6. The number of fused-ring (bicyclic) bond motifs is 2. The van der Waals surface area contributed by atoms with Gasteiger partial charge in [-0.25, -0.2) is 0 Å². The minimum Gasteiger partial charge on any atom is -0.462 e. The van der Waals surface area contributed by atoms with Crippen molar-refractivity contribution in [2.45, 2.75) is 141 Å². The van der Waals surface area contributed by atoms with E-state index in [4.69, 9.17) is 14.2 Å². The average molecular weight is 489 g/mol. The Kier molecular flexibility index (Phi) is 5.27. The number of carbonyl (C=O) groups is 1. The standard InChI is InChI=1S/C30H48O5/c1-17(2)18(3)8-9-19(4)22-10-11-23-26(22,6)15-25-30(35-25)27(7)13-12-21(33-20(5)31)14-28(27,32)16-24-29(23,30)34-24/h17-19,21-25,32H,8-16H2,1-7H3/t18-,19+,21-,22-,23-,24+,25-,26+,27-,28-,29+,30+/m0/s1. The molecule has 2 spiro atoms. The van der Waals surface area contributed by atoms with Gasteiger partial charge in [-0.3, -0.25) is 4.79 Å². The molecule has 4 saturated carbocycles. The summed E-state index contributed by atoms with van der Waals surface area (Å²) >= 11 is 0. The van der Waals surface area contributed by atoms with Crippen molar-refractivity contribution in [1.82, 2.24) is 0 Å². The van der Waals surface area contributed by atoms with Crippen molar-refractivity contribution >= 4 is 5.97 Å². The van der Waals surface area contributed by atoms with Crippen LogP contribution in [0.15, 0.2) is 0 Å². The van der Waals surface area contributed by atoms with Crippen LogP contribution in [0.5, 0.6) is 0 Å². The van der Waals surface area contributed by atoms with Crippen molar-refractivity contribution < 1.29 is 24.1 Å². The van der Waals surface area contributed by atoms with Crippen molar-refractivity contribution in [3.63, 3.8) is 0 Å². The summed E-state index contributed by atoms with van der Waals surface area (Å²) in [5, 5.41) is 12.1. The highest BCUT2D eigenvalue weighted by atomic mass is 16.7. The number of epoxide rings is 2. The fraction of sp³-hybridized carbons (Fsp3) is 0.967. The van der Waals surface area contributed by atoms with Gasteiger partial charge in [0.25, 0.3) is 0 Å². The quantitative estimate of drug-likeness (QED) is 0.386. The molecule has 2 heterocycles. The predicted molar refractivity (Wildman–Crippen MR) is 134 cm³/mol. The highest BCUT2D eigenvalue weighted by Gasteiger charge is 2.96. The van der Waals surface area contributed by atoms with E-state index >= 15 is 0 Å². The molecule has 0 radical (unpaired) electrons. The van der Waals surface area contributed by atoms with Gasteiger partial charge in [0.15, 0.2) is 0 Å². The summed E-state index contributed by atoms with van der Waals surface area (Å²) in [6, 6.07) is 0. The van der Waals surface area contributed by atoms with E-state index in [0.29, 0.717) is 18.8 Å². The Labute approximate surface area is 212 Å². The van der Waals surface area contributed by atoms with Crippen LogP contribution in [0.2, 0.25) is 0 Å². The molecule has 1 N–H and O–H groups in total. The lowest BCUT2D eigenvalue weighted by Gasteiger charge is -2.60. The Morgan fingerprint density at radius 1 is 1.00 bits per heavy atom. The highest BCUT2D eigenvalue weighted by molar-refractivity contribution is 5.66. The van der Waals surface area contributed by atoms with Gasteiger partial charge in [0, 0.05) is 25.2 Å². The van der Waals surface area contributed by atoms with E-state index in [-0.39, 0.29) is 46.3 Å². The average Bonchev–Trinajstić information content (AvgIpc) is 3.63. The lowest BCUT2D eigenvalue weighted by molar-refractivity contribution is -0.209. The molecule has 4 aliphatic carbocycles. The molecule has 6 rings (SSSR count). The molecule has 35 heavy (non-hydrogen) atoms. The predicted octanol–water partition coefficient (Wildman–Crippen LogP) is 5.66. The van der Waals surface area contributed by atoms with E-state index in [1.54, 1.807) is 0 Å². The minimum absolute atomic E-state index is 0.0706. The van der Waals surface area contributed by atoms with Gasteiger partial charge in [-0.05, 0) is 67.1 Å². The smallest absolute Gasteiger partial charge is 0.302 e. The van der Waals surface area contributed by atoms with E-state index in [9.17, 15) is 9.90 Å². The van der Waals surface area contributed by atoms with Crippen molar-refractivity contribution in [3.8, 4) is 0 Å². The normalized spacial score (nSPS) is 55.1. The molecule has 2 aliphatic heterocycles. The summed E-state index contributed by atoms with van der Waals surface area (Å²) in [6.45, 7) is 15.9. The third kappa shape index (κ3) is 2.95. The summed E-state index contributed by atoms with van der Waals surface area (Å²) in [4.78, 5) is 11.6. The lowest BCUT2D eigenvalue weighted by Crippen LogP contribution is -2.72. The van der Waals surface area contributed by atoms with Crippen LogP contribution in [-0.2, 0) is 19.0 Å². The van der Waals surface area contributed by atoms with Gasteiger partial charge in [-0.15, -0.1) is 0 Å². The second-order valence-electron chi connectivity index (χ2n) is 14.5. The van der Waals surface area contributed by atoms with Crippen molar-refractivity contribution in [2.75, 3.05) is 0 Å². The lowest BCUT2D eigenvalue weighted by atomic mass is 9.42. The summed E-state index contributed by atoms with van der Waals surface area (Å²) < 4.78 is 19.2. The maximum absolute atomic E-state index is 12.1. The summed E-state index contributed by atoms with van der Waals surface area (Å²) in [7, 11) is 0. The second kappa shape index (κ2) is 7.47. The fourth-order valence-electron chi connectivity index (χ4n) is 10.4. The topological polar surface area (TPSA) is 71.6 Å². The zero-order valence-electron chi connectivity index (χ0n) is 23.1. The van der Waals surface area contributed by atoms with Crippen LogP contribution in [0.25, 0.3) is 0 Å². The molecule has 0 bridgehead atoms. The molecule has 5 nitrogen and oxygen atoms in total. The van der Waals surface area contributed by atoms with Crippen molar-refractivity contribution in [1.29, 1.82) is 0 Å². The van der Waals surface area contributed by atoms with Crippen LogP contribution >= 0.6 is 0 Å². The van der Waals surface area contributed by atoms with Crippen LogP contribution in [-0.4, -0.2) is 46.2 Å². The van der Waals surface area contributed by atoms with Crippen LogP contribution in [0.1, 0.15) is 106 Å². The van der Waals surface area contributed by atoms with Crippen LogP contribution in [0.4, 0.5) is 0 Å². The second-order valence-corrected chi connectivity index (χ2v) is 14.5. The van der Waals surface area contributed by atoms with E-state index in [1.165, 1.54) is 32.6 Å². The molecule has 0 unspecified atom stereocenters. The Hall–Kier alpha value is -0.650. The third-order valence-electron chi connectivity index (χ3n) is 12.8. The molecular weight excluding hydrogens is 440 g/mol. The maximum atomic E-state index is 12.1. The number of rotatable bonds is 6. The Balaban J connectivity index is 1.26. The third-order valence-corrected chi connectivity index (χ3v) is 12.8. The van der Waals surface area contributed by atoms with Gasteiger partial charge in [0.05, 0.1) is 17.8 Å². The van der Waals surface area contributed by atoms with E-state index in [2.05, 4.69) is 41.5 Å². The van der Waals surface area contributed by atoms with Gasteiger partial charge in [0.2, 0.25) is 0 Å². The van der Waals surface area contributed by atoms with Crippen molar-refractivity contribution in [3.05, 3.63) is 0 Å². The van der Waals surface area contributed by atoms with Gasteiger partial charge in [-0.1, -0.05) is 54.4 Å². The van der Waals surface area contributed by atoms with Gasteiger partial charge < -0.3 is 19.3 Å². The Bertz CT molecular complexity index is 903. The number of ether oxygens (including phenoxy) is 3. The van der Waals surface area contributed by atoms with E-state index in [1.807, 2.05) is 0 Å². The van der Waals surface area contributed by atoms with Crippen LogP contribution < -0.4 is 0 Å². The summed E-state index contributed by atoms with van der Waals surface area (Å²) in [5.41, 5.74) is -1.60. The number of aliphatic hydroxyl groups is 1. The summed E-state index contributed by atoms with van der Waals surface area (Å²) in [5.74, 6) is 3.24. The number of hydrogen-bond donors (Lipinski definition) is 1. The van der Waals surface area contributed by atoms with Crippen LogP contribution in [0.3, 0.4) is 0 Å². The Morgan fingerprint density at radius 3 is 2.43 bits per heavy atom. The van der Waals surface area contributed by atoms with Crippen LogP contribution in [0, 0.1) is 40.4 Å². The van der Waals surface area contributed by atoms with Gasteiger partial charge >= 0.3 is 5.97 Å². The van der Waals surface area contributed by atoms with Crippen molar-refractivity contribution in [2.24, 2.45) is 40.4 Å². The SMILES string of the molecule is CC(=O)O[C@H]1CC[C@@]2(C)[C@](O)(C1)C[C@H]1O[C@]13[C@H]1CC[C@@H]([C@H](C)CC[C@H](C)C(C)C)[C@@]1(C)C[C@@H]1O[C@@]132. The zero-order valence-corrected chi connectivity index (χ0v) is 23.1. The Morgan fingerprint density at radius 2 is 1.74 bits per heavy atom. The molecule has 0 aromatic carbocycles. The number of carbonyl (C=O) groups excluding carboxylic acids is 1. The van der Waals surface area contributed by atoms with Gasteiger partial charge in [0.1, 0.15) is 17.3 Å². The molecular formula is C30H48O5. The van der Waals surface area contributed by atoms with E-state index in [0.717, 1.165) is 42.9 Å². The van der Waals surface area contributed by atoms with E-state index < -0.39 is 5.60 Å².